The molecule has 0 bridgehead atoms. The van der Waals surface area contributed by atoms with Crippen molar-refractivity contribution in [2.75, 3.05) is 0 Å². The Morgan fingerprint density at radius 3 is 2.38 bits per heavy atom. The lowest BCUT2D eigenvalue weighted by Gasteiger charge is -2.13. The van der Waals surface area contributed by atoms with Gasteiger partial charge in [-0.1, -0.05) is 36.4 Å². The van der Waals surface area contributed by atoms with Crippen molar-refractivity contribution in [3.05, 3.63) is 63.7 Å². The number of nitriles is 2. The Bertz CT molecular complexity index is 816. The van der Waals surface area contributed by atoms with Gasteiger partial charge in [0.25, 0.3) is 5.69 Å². The number of hydrogen-bond donors (Lipinski definition) is 0. The average molecular weight is 275 g/mol. The summed E-state index contributed by atoms with van der Waals surface area (Å²) in [7, 11) is 0. The van der Waals surface area contributed by atoms with Crippen molar-refractivity contribution in [1.29, 1.82) is 10.5 Å². The molecule has 1 atom stereocenters. The van der Waals surface area contributed by atoms with Crippen LogP contribution in [0.2, 0.25) is 0 Å². The van der Waals surface area contributed by atoms with Gasteiger partial charge in [-0.15, -0.1) is 0 Å². The maximum atomic E-state index is 11.3. The summed E-state index contributed by atoms with van der Waals surface area (Å²) in [6.07, 6.45) is 0. The van der Waals surface area contributed by atoms with Gasteiger partial charge in [-0.2, -0.15) is 10.5 Å². The zero-order chi connectivity index (χ0) is 15.0. The van der Waals surface area contributed by atoms with Crippen LogP contribution in [0, 0.1) is 38.7 Å². The van der Waals surface area contributed by atoms with Gasteiger partial charge in [0, 0.05) is 17.5 Å². The molecule has 2 aromatic rings. The van der Waals surface area contributed by atoms with Crippen LogP contribution in [0.4, 0.5) is 5.69 Å². The topological polar surface area (TPSA) is 90.7 Å². The lowest BCUT2D eigenvalue weighted by molar-refractivity contribution is -0.385. The first-order valence-electron chi connectivity index (χ1n) is 6.35. The third-order valence-electron chi connectivity index (χ3n) is 3.79. The van der Waals surface area contributed by atoms with Crippen LogP contribution in [0.25, 0.3) is 11.1 Å². The fourth-order valence-corrected chi connectivity index (χ4v) is 2.97. The predicted octanol–water partition coefficient (Wildman–Crippen LogP) is 3.37. The van der Waals surface area contributed by atoms with E-state index in [1.165, 1.54) is 6.07 Å². The highest BCUT2D eigenvalue weighted by atomic mass is 16.6. The molecule has 5 heteroatoms. The highest BCUT2D eigenvalue weighted by Gasteiger charge is 2.39. The minimum atomic E-state index is -0.950. The van der Waals surface area contributed by atoms with E-state index in [-0.39, 0.29) is 5.69 Å². The van der Waals surface area contributed by atoms with E-state index in [9.17, 15) is 20.6 Å². The van der Waals surface area contributed by atoms with Gasteiger partial charge in [0.05, 0.1) is 17.1 Å². The molecule has 1 unspecified atom stereocenters. The minimum Gasteiger partial charge on any atom is -0.258 e. The van der Waals surface area contributed by atoms with Crippen LogP contribution in [0.5, 0.6) is 0 Å². The summed E-state index contributed by atoms with van der Waals surface area (Å²) in [6.45, 7) is 0. The monoisotopic (exact) mass is 275 g/mol. The summed E-state index contributed by atoms with van der Waals surface area (Å²) in [6, 6.07) is 16.1. The van der Waals surface area contributed by atoms with Crippen molar-refractivity contribution in [1.82, 2.24) is 0 Å². The van der Waals surface area contributed by atoms with E-state index in [0.29, 0.717) is 5.56 Å². The van der Waals surface area contributed by atoms with Gasteiger partial charge in [0.15, 0.2) is 0 Å². The van der Waals surface area contributed by atoms with E-state index >= 15 is 0 Å². The second-order valence-corrected chi connectivity index (χ2v) is 4.80. The molecule has 2 aromatic carbocycles. The van der Waals surface area contributed by atoms with Crippen molar-refractivity contribution in [3.63, 3.8) is 0 Å². The van der Waals surface area contributed by atoms with E-state index in [4.69, 9.17) is 0 Å². The Morgan fingerprint density at radius 1 is 1.05 bits per heavy atom. The highest BCUT2D eigenvalue weighted by Crippen LogP contribution is 2.51. The SMILES string of the molecule is N#CC(C#N)C1c2ccccc2-c2cccc([N+](=O)[O-])c21. The molecule has 3 rings (SSSR count). The molecule has 0 heterocycles. The molecule has 0 saturated carbocycles. The van der Waals surface area contributed by atoms with Crippen molar-refractivity contribution in [2.24, 2.45) is 5.92 Å². The Balaban J connectivity index is 2.36. The third-order valence-corrected chi connectivity index (χ3v) is 3.79. The molecule has 0 N–H and O–H groups in total. The molecule has 0 fully saturated rings. The van der Waals surface area contributed by atoms with E-state index in [2.05, 4.69) is 0 Å². The second kappa shape index (κ2) is 4.73. The number of benzene rings is 2. The van der Waals surface area contributed by atoms with Crippen LogP contribution >= 0.6 is 0 Å². The molecule has 0 aliphatic heterocycles. The van der Waals surface area contributed by atoms with Crippen LogP contribution in [0.3, 0.4) is 0 Å². The molecule has 5 nitrogen and oxygen atoms in total. The van der Waals surface area contributed by atoms with Crippen molar-refractivity contribution in [3.8, 4) is 23.3 Å². The molecule has 0 amide bonds. The molecular weight excluding hydrogens is 266 g/mol. The first-order valence-corrected chi connectivity index (χ1v) is 6.35. The Hall–Kier alpha value is -3.18. The van der Waals surface area contributed by atoms with Gasteiger partial charge in [-0.3, -0.25) is 10.1 Å². The Morgan fingerprint density at radius 2 is 1.71 bits per heavy atom. The minimum absolute atomic E-state index is 0.0378. The summed E-state index contributed by atoms with van der Waals surface area (Å²) >= 11 is 0. The van der Waals surface area contributed by atoms with E-state index in [1.54, 1.807) is 12.1 Å². The zero-order valence-corrected chi connectivity index (χ0v) is 10.9. The number of nitrogens with zero attached hydrogens (tertiary/aromatic N) is 3. The number of nitro groups is 1. The number of hydrogen-bond acceptors (Lipinski definition) is 4. The van der Waals surface area contributed by atoms with Crippen LogP contribution in [0.15, 0.2) is 42.5 Å². The zero-order valence-electron chi connectivity index (χ0n) is 10.9. The van der Waals surface area contributed by atoms with Crippen LogP contribution in [-0.2, 0) is 0 Å². The quantitative estimate of drug-likeness (QED) is 0.620. The normalized spacial score (nSPS) is 14.9. The Kier molecular flexibility index (Phi) is 2.89. The van der Waals surface area contributed by atoms with Gasteiger partial charge in [-0.05, 0) is 16.7 Å². The fourth-order valence-electron chi connectivity index (χ4n) is 2.97. The lowest BCUT2D eigenvalue weighted by atomic mass is 9.85. The van der Waals surface area contributed by atoms with Gasteiger partial charge in [-0.25, -0.2) is 0 Å². The summed E-state index contributed by atoms with van der Waals surface area (Å²) in [5, 5.41) is 29.7. The predicted molar refractivity (Wildman–Crippen MR) is 75.1 cm³/mol. The van der Waals surface area contributed by atoms with Gasteiger partial charge >= 0.3 is 0 Å². The summed E-state index contributed by atoms with van der Waals surface area (Å²) in [5.41, 5.74) is 2.83. The van der Waals surface area contributed by atoms with Crippen LogP contribution < -0.4 is 0 Å². The molecule has 1 aliphatic carbocycles. The first kappa shape index (κ1) is 12.8. The molecule has 0 radical (unpaired) electrons. The number of nitro benzene ring substituents is 1. The smallest absolute Gasteiger partial charge is 0.258 e. The van der Waals surface area contributed by atoms with Crippen molar-refractivity contribution in [2.45, 2.75) is 5.92 Å². The molecule has 0 aromatic heterocycles. The Labute approximate surface area is 120 Å². The van der Waals surface area contributed by atoms with Crippen LogP contribution in [0.1, 0.15) is 17.0 Å². The summed E-state index contributed by atoms with van der Waals surface area (Å²) in [5.74, 6) is -1.53. The number of fused-ring (bicyclic) bond motifs is 3. The lowest BCUT2D eigenvalue weighted by Crippen LogP contribution is -2.10. The van der Waals surface area contributed by atoms with Gasteiger partial charge in [0.1, 0.15) is 5.92 Å². The molecular formula is C16H9N3O2. The van der Waals surface area contributed by atoms with Gasteiger partial charge < -0.3 is 0 Å². The highest BCUT2D eigenvalue weighted by molar-refractivity contribution is 5.82. The molecule has 1 aliphatic rings. The first-order chi connectivity index (χ1) is 10.2. The summed E-state index contributed by atoms with van der Waals surface area (Å²) < 4.78 is 0. The largest absolute Gasteiger partial charge is 0.273 e. The maximum Gasteiger partial charge on any atom is 0.273 e. The molecule has 0 spiro atoms. The maximum absolute atomic E-state index is 11.3. The third kappa shape index (κ3) is 1.76. The molecule has 21 heavy (non-hydrogen) atoms. The van der Waals surface area contributed by atoms with Crippen molar-refractivity contribution < 1.29 is 4.92 Å². The molecule has 0 saturated heterocycles. The standard InChI is InChI=1S/C16H9N3O2/c17-8-10(9-18)15-12-5-2-1-4-11(12)13-6-3-7-14(16(13)15)19(20)21/h1-7,10,15H. The fraction of sp³-hybridized carbons (Fsp3) is 0.125. The summed E-state index contributed by atoms with van der Waals surface area (Å²) in [4.78, 5) is 10.8. The van der Waals surface area contributed by atoms with Crippen LogP contribution in [-0.4, -0.2) is 4.92 Å². The van der Waals surface area contributed by atoms with Crippen molar-refractivity contribution >= 4 is 5.69 Å². The van der Waals surface area contributed by atoms with E-state index < -0.39 is 16.8 Å². The molecule has 100 valence electrons. The average Bonchev–Trinajstić information content (AvgIpc) is 2.84. The van der Waals surface area contributed by atoms with Gasteiger partial charge in [0.2, 0.25) is 0 Å². The number of rotatable bonds is 2. The van der Waals surface area contributed by atoms with E-state index in [1.807, 2.05) is 36.4 Å². The second-order valence-electron chi connectivity index (χ2n) is 4.80. The van der Waals surface area contributed by atoms with E-state index in [0.717, 1.165) is 16.7 Å².